The lowest BCUT2D eigenvalue weighted by molar-refractivity contribution is -0.152. The van der Waals surface area contributed by atoms with E-state index in [0.717, 1.165) is 10.5 Å². The molecule has 1 aromatic rings. The third-order valence-electron chi connectivity index (χ3n) is 3.70. The van der Waals surface area contributed by atoms with Gasteiger partial charge in [-0.3, -0.25) is 9.59 Å². The fourth-order valence-corrected chi connectivity index (χ4v) is 4.85. The number of rotatable bonds is 6. The van der Waals surface area contributed by atoms with Crippen LogP contribution in [0, 0.1) is 6.92 Å². The minimum absolute atomic E-state index is 0.0530. The summed E-state index contributed by atoms with van der Waals surface area (Å²) in [5, 5.41) is 2.62. The molecule has 1 fully saturated rings. The molecule has 0 aliphatic carbocycles. The smallest absolute Gasteiger partial charge is 0.317 e. The number of benzene rings is 1. The van der Waals surface area contributed by atoms with Crippen molar-refractivity contribution in [2.24, 2.45) is 0 Å². The molecule has 1 aliphatic heterocycles. The molecule has 0 aromatic heterocycles. The largest absolute Gasteiger partial charge is 0.452 e. The Morgan fingerprint density at radius 3 is 2.71 bits per heavy atom. The zero-order valence-corrected chi connectivity index (χ0v) is 15.3. The van der Waals surface area contributed by atoms with Gasteiger partial charge in [-0.15, -0.1) is 11.8 Å². The number of carbonyl (C=O) groups excluding carboxylic acids is 2. The third kappa shape index (κ3) is 5.52. The summed E-state index contributed by atoms with van der Waals surface area (Å²) in [5.41, 5.74) is 1.07. The molecule has 1 amide bonds. The Morgan fingerprint density at radius 1 is 1.38 bits per heavy atom. The van der Waals surface area contributed by atoms with Crippen LogP contribution in [0.2, 0.25) is 0 Å². The number of ether oxygens (including phenoxy) is 1. The molecule has 0 spiro atoms. The van der Waals surface area contributed by atoms with E-state index in [9.17, 15) is 18.0 Å². The lowest BCUT2D eigenvalue weighted by Gasteiger charge is -2.16. The number of nitrogens with one attached hydrogen (secondary N) is 1. The van der Waals surface area contributed by atoms with Crippen molar-refractivity contribution in [2.45, 2.75) is 37.3 Å². The van der Waals surface area contributed by atoms with Gasteiger partial charge < -0.3 is 10.1 Å². The first-order valence-corrected chi connectivity index (χ1v) is 10.5. The monoisotopic (exact) mass is 371 g/mol. The van der Waals surface area contributed by atoms with Crippen molar-refractivity contribution in [1.82, 2.24) is 5.32 Å². The van der Waals surface area contributed by atoms with Crippen LogP contribution >= 0.6 is 11.8 Å². The zero-order valence-electron chi connectivity index (χ0n) is 13.7. The van der Waals surface area contributed by atoms with Crippen LogP contribution in [0.4, 0.5) is 0 Å². The summed E-state index contributed by atoms with van der Waals surface area (Å²) < 4.78 is 27.9. The molecular weight excluding hydrogens is 350 g/mol. The molecule has 2 atom stereocenters. The molecule has 1 saturated heterocycles. The molecule has 1 heterocycles. The van der Waals surface area contributed by atoms with Crippen LogP contribution in [0.25, 0.3) is 0 Å². The Hall–Kier alpha value is -1.54. The third-order valence-corrected chi connectivity index (χ3v) is 6.61. The van der Waals surface area contributed by atoms with Crippen molar-refractivity contribution in [3.8, 4) is 0 Å². The summed E-state index contributed by atoms with van der Waals surface area (Å²) in [6.07, 6.45) is -0.545. The maximum atomic E-state index is 12.0. The van der Waals surface area contributed by atoms with E-state index in [1.807, 2.05) is 31.2 Å². The van der Waals surface area contributed by atoms with Gasteiger partial charge in [0.25, 0.3) is 5.91 Å². The predicted octanol–water partition coefficient (Wildman–Crippen LogP) is 1.32. The summed E-state index contributed by atoms with van der Waals surface area (Å²) in [6, 6.07) is 7.30. The standard InChI is InChI=1S/C16H21NO5S2/c1-11-5-3-4-6-14(11)23-9-15(18)22-12(2)16(19)17-13-7-8-24(20,21)10-13/h3-6,12-13H,7-10H2,1-2H3,(H,17,19)/t12-,13-/m0/s1. The summed E-state index contributed by atoms with van der Waals surface area (Å²) in [6.45, 7) is 3.44. The van der Waals surface area contributed by atoms with E-state index >= 15 is 0 Å². The molecule has 0 saturated carbocycles. The van der Waals surface area contributed by atoms with Crippen molar-refractivity contribution in [2.75, 3.05) is 17.3 Å². The average Bonchev–Trinajstić information content (AvgIpc) is 2.85. The van der Waals surface area contributed by atoms with Gasteiger partial charge in [-0.25, -0.2) is 8.42 Å². The highest BCUT2D eigenvalue weighted by molar-refractivity contribution is 8.00. The SMILES string of the molecule is Cc1ccccc1SCC(=O)O[C@@H](C)C(=O)N[C@H]1CCS(=O)(=O)C1. The molecule has 8 heteroatoms. The first-order chi connectivity index (χ1) is 11.3. The second-order valence-electron chi connectivity index (χ2n) is 5.79. The van der Waals surface area contributed by atoms with E-state index in [2.05, 4.69) is 5.32 Å². The van der Waals surface area contributed by atoms with E-state index in [1.165, 1.54) is 18.7 Å². The second kappa shape index (κ2) is 8.02. The summed E-state index contributed by atoms with van der Waals surface area (Å²) in [5.74, 6) is -0.807. The van der Waals surface area contributed by atoms with Crippen molar-refractivity contribution in [1.29, 1.82) is 0 Å². The number of esters is 1. The van der Waals surface area contributed by atoms with E-state index in [-0.39, 0.29) is 17.3 Å². The Labute approximate surface area is 146 Å². The van der Waals surface area contributed by atoms with Crippen molar-refractivity contribution < 1.29 is 22.7 Å². The van der Waals surface area contributed by atoms with Crippen LogP contribution in [-0.2, 0) is 24.2 Å². The summed E-state index contributed by atoms with van der Waals surface area (Å²) in [4.78, 5) is 24.8. The number of hydrogen-bond acceptors (Lipinski definition) is 6. The van der Waals surface area contributed by atoms with Gasteiger partial charge in [0.1, 0.15) is 0 Å². The van der Waals surface area contributed by atoms with Gasteiger partial charge in [0.2, 0.25) is 0 Å². The van der Waals surface area contributed by atoms with Gasteiger partial charge in [0.15, 0.2) is 15.9 Å². The van der Waals surface area contributed by atoms with E-state index < -0.39 is 33.9 Å². The average molecular weight is 371 g/mol. The van der Waals surface area contributed by atoms with Crippen LogP contribution < -0.4 is 5.32 Å². The van der Waals surface area contributed by atoms with Gasteiger partial charge >= 0.3 is 5.97 Å². The van der Waals surface area contributed by atoms with Crippen molar-refractivity contribution >= 4 is 33.5 Å². The minimum Gasteiger partial charge on any atom is -0.452 e. The molecule has 24 heavy (non-hydrogen) atoms. The fraction of sp³-hybridized carbons (Fsp3) is 0.500. The molecule has 2 rings (SSSR count). The molecule has 0 radical (unpaired) electrons. The Morgan fingerprint density at radius 2 is 2.08 bits per heavy atom. The molecule has 6 nitrogen and oxygen atoms in total. The number of hydrogen-bond donors (Lipinski definition) is 1. The fourth-order valence-electron chi connectivity index (χ4n) is 2.37. The van der Waals surface area contributed by atoms with Crippen LogP contribution in [0.15, 0.2) is 29.2 Å². The molecule has 0 unspecified atom stereocenters. The lowest BCUT2D eigenvalue weighted by Crippen LogP contribution is -2.42. The highest BCUT2D eigenvalue weighted by Gasteiger charge is 2.30. The molecular formula is C16H21NO5S2. The lowest BCUT2D eigenvalue weighted by atomic mass is 10.2. The van der Waals surface area contributed by atoms with E-state index in [4.69, 9.17) is 4.74 Å². The highest BCUT2D eigenvalue weighted by Crippen LogP contribution is 2.21. The van der Waals surface area contributed by atoms with Crippen LogP contribution in [-0.4, -0.2) is 49.7 Å². The Bertz CT molecular complexity index is 717. The van der Waals surface area contributed by atoms with Crippen LogP contribution in [0.5, 0.6) is 0 Å². The Kier molecular flexibility index (Phi) is 6.28. The number of aryl methyl sites for hydroxylation is 1. The molecule has 1 aromatic carbocycles. The maximum absolute atomic E-state index is 12.0. The van der Waals surface area contributed by atoms with Crippen molar-refractivity contribution in [3.63, 3.8) is 0 Å². The first kappa shape index (κ1) is 18.8. The van der Waals surface area contributed by atoms with Gasteiger partial charge in [-0.05, 0) is 31.9 Å². The van der Waals surface area contributed by atoms with E-state index in [0.29, 0.717) is 6.42 Å². The number of thioether (sulfide) groups is 1. The van der Waals surface area contributed by atoms with E-state index in [1.54, 1.807) is 0 Å². The van der Waals surface area contributed by atoms with Crippen molar-refractivity contribution in [3.05, 3.63) is 29.8 Å². The quantitative estimate of drug-likeness (QED) is 0.599. The topological polar surface area (TPSA) is 89.5 Å². The van der Waals surface area contributed by atoms with Crippen LogP contribution in [0.3, 0.4) is 0 Å². The summed E-state index contributed by atoms with van der Waals surface area (Å²) >= 11 is 1.36. The number of amides is 1. The van der Waals surface area contributed by atoms with Gasteiger partial charge in [0.05, 0.1) is 17.3 Å². The number of carbonyl (C=O) groups is 2. The maximum Gasteiger partial charge on any atom is 0.317 e. The zero-order chi connectivity index (χ0) is 17.7. The van der Waals surface area contributed by atoms with Gasteiger partial charge in [-0.1, -0.05) is 18.2 Å². The second-order valence-corrected chi connectivity index (χ2v) is 9.04. The normalized spacial score (nSPS) is 20.3. The predicted molar refractivity (Wildman–Crippen MR) is 92.7 cm³/mol. The van der Waals surface area contributed by atoms with Gasteiger partial charge in [0, 0.05) is 10.9 Å². The Balaban J connectivity index is 1.76. The molecule has 132 valence electrons. The number of sulfone groups is 1. The van der Waals surface area contributed by atoms with Gasteiger partial charge in [-0.2, -0.15) is 0 Å². The molecule has 1 N–H and O–H groups in total. The summed E-state index contributed by atoms with van der Waals surface area (Å²) in [7, 11) is -3.06. The first-order valence-electron chi connectivity index (χ1n) is 7.65. The minimum atomic E-state index is -3.06. The highest BCUT2D eigenvalue weighted by atomic mass is 32.2. The molecule has 1 aliphatic rings. The molecule has 0 bridgehead atoms. The van der Waals surface area contributed by atoms with Crippen LogP contribution in [0.1, 0.15) is 18.9 Å².